The van der Waals surface area contributed by atoms with E-state index in [0.717, 1.165) is 18.6 Å². The maximum atomic E-state index is 13.3. The molecule has 0 aromatic heterocycles. The fraction of sp³-hybridized carbons (Fsp3) is 0.500. The molecule has 1 saturated heterocycles. The van der Waals surface area contributed by atoms with Crippen molar-refractivity contribution in [2.75, 3.05) is 19.8 Å². The molecule has 0 amide bonds. The molecule has 1 heterocycles. The van der Waals surface area contributed by atoms with Crippen LogP contribution in [0, 0.1) is 0 Å². The van der Waals surface area contributed by atoms with Crippen molar-refractivity contribution in [1.29, 1.82) is 0 Å². The number of alkyl halides is 2. The Morgan fingerprint density at radius 3 is 2.62 bits per heavy atom. The molecule has 21 heavy (non-hydrogen) atoms. The van der Waals surface area contributed by atoms with Gasteiger partial charge in [-0.15, -0.1) is 0 Å². The highest BCUT2D eigenvalue weighted by atomic mass is 19.3. The van der Waals surface area contributed by atoms with Gasteiger partial charge in [0.2, 0.25) is 0 Å². The van der Waals surface area contributed by atoms with E-state index in [0.29, 0.717) is 0 Å². The monoisotopic (exact) mass is 302 g/mol. The average Bonchev–Trinajstić information content (AvgIpc) is 3.25. The molecule has 116 valence electrons. The second kappa shape index (κ2) is 6.93. The number of esters is 1. The number of halogens is 2. The molecule has 2 rings (SSSR count). The Hall–Kier alpha value is -1.57. The Morgan fingerprint density at radius 1 is 1.38 bits per heavy atom. The first-order valence-electron chi connectivity index (χ1n) is 6.57. The van der Waals surface area contributed by atoms with Gasteiger partial charge in [0.05, 0.1) is 19.3 Å². The fourth-order valence-electron chi connectivity index (χ4n) is 1.63. The van der Waals surface area contributed by atoms with Crippen LogP contribution in [0.15, 0.2) is 24.3 Å². The van der Waals surface area contributed by atoms with Crippen LogP contribution in [0.3, 0.4) is 0 Å². The lowest BCUT2D eigenvalue weighted by Crippen LogP contribution is -2.36. The summed E-state index contributed by atoms with van der Waals surface area (Å²) in [7, 11) is 0. The van der Waals surface area contributed by atoms with Crippen LogP contribution in [0.1, 0.15) is 12.0 Å². The van der Waals surface area contributed by atoms with Crippen LogP contribution in [-0.4, -0.2) is 43.1 Å². The molecule has 1 unspecified atom stereocenters. The lowest BCUT2D eigenvalue weighted by molar-refractivity contribution is -0.243. The van der Waals surface area contributed by atoms with E-state index in [-0.39, 0.29) is 24.9 Å². The van der Waals surface area contributed by atoms with Crippen molar-refractivity contribution in [3.63, 3.8) is 0 Å². The number of carbonyl (C=O) groups is 1. The van der Waals surface area contributed by atoms with E-state index in [1.165, 1.54) is 12.1 Å². The summed E-state index contributed by atoms with van der Waals surface area (Å²) in [6.07, 6.45) is -3.05. The standard InChI is InChI=1S/C14H16F2O5/c15-14(16,20-7-1-6-17)13(18)21-11-4-2-10(3-5-11)8-12-9-19-12/h2-5,12,17H,1,6-9H2. The van der Waals surface area contributed by atoms with Gasteiger partial charge < -0.3 is 19.3 Å². The van der Waals surface area contributed by atoms with Gasteiger partial charge >= 0.3 is 12.1 Å². The van der Waals surface area contributed by atoms with Crippen molar-refractivity contribution < 1.29 is 32.9 Å². The number of aliphatic hydroxyl groups is 1. The number of epoxide rings is 1. The van der Waals surface area contributed by atoms with Gasteiger partial charge in [0.25, 0.3) is 0 Å². The molecule has 5 nitrogen and oxygen atoms in total. The number of ether oxygens (including phenoxy) is 3. The highest BCUT2D eigenvalue weighted by Gasteiger charge is 2.42. The van der Waals surface area contributed by atoms with Gasteiger partial charge in [0, 0.05) is 13.0 Å². The molecule has 1 atom stereocenters. The normalized spacial score (nSPS) is 17.6. The van der Waals surface area contributed by atoms with Crippen LogP contribution in [0.5, 0.6) is 5.75 Å². The Morgan fingerprint density at radius 2 is 2.05 bits per heavy atom. The number of hydrogen-bond donors (Lipinski definition) is 1. The van der Waals surface area contributed by atoms with E-state index in [2.05, 4.69) is 9.47 Å². The van der Waals surface area contributed by atoms with E-state index in [1.807, 2.05) is 0 Å². The summed E-state index contributed by atoms with van der Waals surface area (Å²) in [6, 6.07) is 6.27. The molecule has 1 fully saturated rings. The predicted molar refractivity (Wildman–Crippen MR) is 68.1 cm³/mol. The lowest BCUT2D eigenvalue weighted by Gasteiger charge is -2.15. The van der Waals surface area contributed by atoms with E-state index in [9.17, 15) is 13.6 Å². The quantitative estimate of drug-likeness (QED) is 0.341. The largest absolute Gasteiger partial charge is 0.456 e. The highest BCUT2D eigenvalue weighted by molar-refractivity contribution is 5.78. The molecule has 1 aromatic carbocycles. The first-order valence-corrected chi connectivity index (χ1v) is 6.57. The number of aliphatic hydroxyl groups excluding tert-OH is 1. The minimum atomic E-state index is -4.03. The zero-order valence-electron chi connectivity index (χ0n) is 11.3. The molecule has 1 aliphatic rings. The van der Waals surface area contributed by atoms with E-state index < -0.39 is 18.7 Å². The van der Waals surface area contributed by atoms with E-state index in [1.54, 1.807) is 12.1 Å². The molecule has 1 N–H and O–H groups in total. The second-order valence-electron chi connectivity index (χ2n) is 4.64. The lowest BCUT2D eigenvalue weighted by atomic mass is 10.1. The fourth-order valence-corrected chi connectivity index (χ4v) is 1.63. The Bertz CT molecular complexity index is 471. The Kier molecular flexibility index (Phi) is 5.22. The van der Waals surface area contributed by atoms with Gasteiger partial charge in [0.15, 0.2) is 0 Å². The van der Waals surface area contributed by atoms with Crippen molar-refractivity contribution in [2.45, 2.75) is 25.1 Å². The topological polar surface area (TPSA) is 68.3 Å². The molecule has 1 aromatic rings. The smallest absolute Gasteiger partial charge is 0.420 e. The third-order valence-electron chi connectivity index (χ3n) is 2.82. The van der Waals surface area contributed by atoms with Crippen LogP contribution in [0.4, 0.5) is 8.78 Å². The van der Waals surface area contributed by atoms with Crippen molar-refractivity contribution in [1.82, 2.24) is 0 Å². The Balaban J connectivity index is 1.85. The third kappa shape index (κ3) is 5.04. The van der Waals surface area contributed by atoms with Crippen molar-refractivity contribution in [2.24, 2.45) is 0 Å². The average molecular weight is 302 g/mol. The summed E-state index contributed by atoms with van der Waals surface area (Å²) in [5, 5.41) is 8.48. The van der Waals surface area contributed by atoms with Crippen LogP contribution in [0.2, 0.25) is 0 Å². The first kappa shape index (κ1) is 15.8. The molecule has 0 spiro atoms. The SMILES string of the molecule is O=C(Oc1ccc(CC2CO2)cc1)C(F)(F)OCCCO. The minimum absolute atomic E-state index is 0.0147. The third-order valence-corrected chi connectivity index (χ3v) is 2.82. The van der Waals surface area contributed by atoms with Crippen molar-refractivity contribution in [3.8, 4) is 5.75 Å². The van der Waals surface area contributed by atoms with Gasteiger partial charge in [-0.25, -0.2) is 4.79 Å². The maximum Gasteiger partial charge on any atom is 0.456 e. The van der Waals surface area contributed by atoms with Crippen molar-refractivity contribution >= 4 is 5.97 Å². The first-order chi connectivity index (χ1) is 10.0. The van der Waals surface area contributed by atoms with E-state index in [4.69, 9.17) is 9.84 Å². The van der Waals surface area contributed by atoms with Gasteiger partial charge in [-0.05, 0) is 24.1 Å². The summed E-state index contributed by atoms with van der Waals surface area (Å²) in [5.74, 6) is -1.76. The Labute approximate surface area is 120 Å². The molecule has 1 aliphatic heterocycles. The molecular formula is C14H16F2O5. The molecular weight excluding hydrogens is 286 g/mol. The van der Waals surface area contributed by atoms with Gasteiger partial charge in [-0.3, -0.25) is 0 Å². The molecule has 0 aliphatic carbocycles. The minimum Gasteiger partial charge on any atom is -0.420 e. The maximum absolute atomic E-state index is 13.3. The van der Waals surface area contributed by atoms with E-state index >= 15 is 0 Å². The van der Waals surface area contributed by atoms with Crippen LogP contribution >= 0.6 is 0 Å². The van der Waals surface area contributed by atoms with Gasteiger partial charge in [-0.1, -0.05) is 12.1 Å². The van der Waals surface area contributed by atoms with Gasteiger partial charge in [-0.2, -0.15) is 8.78 Å². The molecule has 7 heteroatoms. The van der Waals surface area contributed by atoms with Crippen molar-refractivity contribution in [3.05, 3.63) is 29.8 Å². The summed E-state index contributed by atoms with van der Waals surface area (Å²) in [6.45, 7) is 0.00433. The summed E-state index contributed by atoms with van der Waals surface area (Å²) in [4.78, 5) is 11.3. The van der Waals surface area contributed by atoms with Crippen LogP contribution < -0.4 is 4.74 Å². The summed E-state index contributed by atoms with van der Waals surface area (Å²) in [5.41, 5.74) is 0.975. The number of hydrogen-bond acceptors (Lipinski definition) is 5. The zero-order chi connectivity index (χ0) is 15.3. The van der Waals surface area contributed by atoms with Gasteiger partial charge in [0.1, 0.15) is 5.75 Å². The predicted octanol–water partition coefficient (Wildman–Crippen LogP) is 1.53. The molecule has 0 radical (unpaired) electrons. The van der Waals surface area contributed by atoms with Crippen LogP contribution in [-0.2, 0) is 20.7 Å². The molecule has 0 saturated carbocycles. The summed E-state index contributed by atoms with van der Waals surface area (Å²) < 4.78 is 40.3. The highest BCUT2D eigenvalue weighted by Crippen LogP contribution is 2.22. The number of rotatable bonds is 8. The number of benzene rings is 1. The molecule has 0 bridgehead atoms. The van der Waals surface area contributed by atoms with Crippen LogP contribution in [0.25, 0.3) is 0 Å². The number of carbonyl (C=O) groups excluding carboxylic acids is 1. The summed E-state index contributed by atoms with van der Waals surface area (Å²) >= 11 is 0. The second-order valence-corrected chi connectivity index (χ2v) is 4.64. The zero-order valence-corrected chi connectivity index (χ0v) is 11.3.